The molecule has 0 radical (unpaired) electrons. The van der Waals surface area contributed by atoms with Crippen molar-refractivity contribution >= 4 is 0 Å². The summed E-state index contributed by atoms with van der Waals surface area (Å²) in [6, 6.07) is 6.35. The van der Waals surface area contributed by atoms with Crippen molar-refractivity contribution in [1.29, 1.82) is 0 Å². The third kappa shape index (κ3) is 3.65. The second kappa shape index (κ2) is 5.23. The predicted octanol–water partition coefficient (Wildman–Crippen LogP) is 2.42. The summed E-state index contributed by atoms with van der Waals surface area (Å²) in [5.41, 5.74) is 6.33. The van der Waals surface area contributed by atoms with E-state index in [1.54, 1.807) is 12.1 Å². The number of aromatic nitrogens is 2. The van der Waals surface area contributed by atoms with E-state index in [-0.39, 0.29) is 5.75 Å². The summed E-state index contributed by atoms with van der Waals surface area (Å²) < 4.78 is 40.2. The van der Waals surface area contributed by atoms with Crippen LogP contribution in [0.2, 0.25) is 0 Å². The SMILES string of the molecule is NC(c1cccc(OC(F)(F)F)c1)c1ncccn1. The van der Waals surface area contributed by atoms with Crippen LogP contribution in [0.5, 0.6) is 5.75 Å². The van der Waals surface area contributed by atoms with E-state index in [1.807, 2.05) is 0 Å². The predicted molar refractivity (Wildman–Crippen MR) is 61.2 cm³/mol. The van der Waals surface area contributed by atoms with Crippen LogP contribution in [0.15, 0.2) is 42.7 Å². The highest BCUT2D eigenvalue weighted by molar-refractivity contribution is 5.33. The molecular formula is C12H10F3N3O. The van der Waals surface area contributed by atoms with E-state index >= 15 is 0 Å². The molecule has 0 aliphatic carbocycles. The van der Waals surface area contributed by atoms with Crippen LogP contribution in [0.25, 0.3) is 0 Å². The van der Waals surface area contributed by atoms with Gasteiger partial charge in [0.15, 0.2) is 0 Å². The molecule has 0 fully saturated rings. The van der Waals surface area contributed by atoms with Crippen molar-refractivity contribution in [3.63, 3.8) is 0 Å². The van der Waals surface area contributed by atoms with E-state index < -0.39 is 12.4 Å². The van der Waals surface area contributed by atoms with Crippen molar-refractivity contribution in [2.75, 3.05) is 0 Å². The number of nitrogens with two attached hydrogens (primary N) is 1. The maximum atomic E-state index is 12.1. The fraction of sp³-hybridized carbons (Fsp3) is 0.167. The van der Waals surface area contributed by atoms with Crippen molar-refractivity contribution < 1.29 is 17.9 Å². The number of hydrogen-bond acceptors (Lipinski definition) is 4. The third-order valence-electron chi connectivity index (χ3n) is 2.31. The maximum Gasteiger partial charge on any atom is 0.573 e. The van der Waals surface area contributed by atoms with Gasteiger partial charge in [0.2, 0.25) is 0 Å². The van der Waals surface area contributed by atoms with Crippen LogP contribution >= 0.6 is 0 Å². The Morgan fingerprint density at radius 2 is 1.79 bits per heavy atom. The van der Waals surface area contributed by atoms with E-state index in [9.17, 15) is 13.2 Å². The van der Waals surface area contributed by atoms with Crippen molar-refractivity contribution in [3.05, 3.63) is 54.1 Å². The minimum atomic E-state index is -4.73. The molecule has 0 amide bonds. The van der Waals surface area contributed by atoms with Gasteiger partial charge in [-0.2, -0.15) is 0 Å². The van der Waals surface area contributed by atoms with Crippen LogP contribution in [0.1, 0.15) is 17.4 Å². The van der Waals surface area contributed by atoms with Gasteiger partial charge in [0.25, 0.3) is 0 Å². The molecule has 1 heterocycles. The second-order valence-electron chi connectivity index (χ2n) is 3.70. The molecule has 1 aromatic carbocycles. The molecule has 100 valence electrons. The van der Waals surface area contributed by atoms with Gasteiger partial charge in [-0.1, -0.05) is 12.1 Å². The first kappa shape index (κ1) is 13.3. The Hall–Kier alpha value is -2.15. The van der Waals surface area contributed by atoms with Crippen molar-refractivity contribution in [1.82, 2.24) is 9.97 Å². The molecule has 1 unspecified atom stereocenters. The molecule has 7 heteroatoms. The van der Waals surface area contributed by atoms with E-state index in [4.69, 9.17) is 5.73 Å². The van der Waals surface area contributed by atoms with Gasteiger partial charge < -0.3 is 10.5 Å². The maximum absolute atomic E-state index is 12.1. The van der Waals surface area contributed by atoms with Gasteiger partial charge in [-0.05, 0) is 23.8 Å². The molecule has 1 aromatic heterocycles. The lowest BCUT2D eigenvalue weighted by Crippen LogP contribution is -2.18. The Morgan fingerprint density at radius 1 is 1.11 bits per heavy atom. The molecule has 0 aliphatic heterocycles. The zero-order valence-electron chi connectivity index (χ0n) is 9.63. The van der Waals surface area contributed by atoms with E-state index in [2.05, 4.69) is 14.7 Å². The topological polar surface area (TPSA) is 61.0 Å². The first-order valence-electron chi connectivity index (χ1n) is 5.34. The van der Waals surface area contributed by atoms with E-state index in [0.717, 1.165) is 0 Å². The standard InChI is InChI=1S/C12H10F3N3O/c13-12(14,15)19-9-4-1-3-8(7-9)10(16)11-17-5-2-6-18-11/h1-7,10H,16H2. The summed E-state index contributed by atoms with van der Waals surface area (Å²) in [6.07, 6.45) is -1.71. The number of halogens is 3. The van der Waals surface area contributed by atoms with Crippen molar-refractivity contribution in [2.24, 2.45) is 5.73 Å². The zero-order valence-corrected chi connectivity index (χ0v) is 9.63. The average Bonchev–Trinajstić information content (AvgIpc) is 2.37. The largest absolute Gasteiger partial charge is 0.573 e. The Bertz CT molecular complexity index is 545. The molecule has 1 atom stereocenters. The van der Waals surface area contributed by atoms with Crippen LogP contribution in [-0.2, 0) is 0 Å². The third-order valence-corrected chi connectivity index (χ3v) is 2.31. The molecule has 2 N–H and O–H groups in total. The number of rotatable bonds is 3. The van der Waals surface area contributed by atoms with Crippen LogP contribution in [-0.4, -0.2) is 16.3 Å². The number of nitrogens with zero attached hydrogens (tertiary/aromatic N) is 2. The number of hydrogen-bond donors (Lipinski definition) is 1. The number of ether oxygens (including phenoxy) is 1. The molecule has 2 rings (SSSR count). The quantitative estimate of drug-likeness (QED) is 0.929. The molecule has 19 heavy (non-hydrogen) atoms. The lowest BCUT2D eigenvalue weighted by atomic mass is 10.1. The van der Waals surface area contributed by atoms with Gasteiger partial charge in [0.05, 0.1) is 6.04 Å². The lowest BCUT2D eigenvalue weighted by Gasteiger charge is -2.13. The second-order valence-corrected chi connectivity index (χ2v) is 3.70. The number of alkyl halides is 3. The molecular weight excluding hydrogens is 259 g/mol. The molecule has 0 saturated heterocycles. The smallest absolute Gasteiger partial charge is 0.406 e. The van der Waals surface area contributed by atoms with Gasteiger partial charge in [0, 0.05) is 12.4 Å². The van der Waals surface area contributed by atoms with E-state index in [0.29, 0.717) is 11.4 Å². The van der Waals surface area contributed by atoms with Crippen LogP contribution in [0, 0.1) is 0 Å². The highest BCUT2D eigenvalue weighted by atomic mass is 19.4. The summed E-state index contributed by atoms with van der Waals surface area (Å²) in [5.74, 6) is 0.00281. The Labute approximate surface area is 107 Å². The highest BCUT2D eigenvalue weighted by Crippen LogP contribution is 2.26. The molecule has 2 aromatic rings. The molecule has 4 nitrogen and oxygen atoms in total. The molecule has 0 bridgehead atoms. The van der Waals surface area contributed by atoms with Crippen LogP contribution < -0.4 is 10.5 Å². The fourth-order valence-electron chi connectivity index (χ4n) is 1.53. The summed E-state index contributed by atoms with van der Waals surface area (Å²) in [6.45, 7) is 0. The van der Waals surface area contributed by atoms with Crippen LogP contribution in [0.4, 0.5) is 13.2 Å². The summed E-state index contributed by atoms with van der Waals surface area (Å²) in [7, 11) is 0. The fourth-order valence-corrected chi connectivity index (χ4v) is 1.53. The first-order chi connectivity index (χ1) is 8.96. The molecule has 0 saturated carbocycles. The van der Waals surface area contributed by atoms with Gasteiger partial charge in [-0.3, -0.25) is 0 Å². The van der Waals surface area contributed by atoms with Gasteiger partial charge in [-0.15, -0.1) is 13.2 Å². The average molecular weight is 269 g/mol. The zero-order chi connectivity index (χ0) is 13.9. The molecule has 0 spiro atoms. The minimum Gasteiger partial charge on any atom is -0.406 e. The normalized spacial score (nSPS) is 13.1. The monoisotopic (exact) mass is 269 g/mol. The Morgan fingerprint density at radius 3 is 2.42 bits per heavy atom. The Kier molecular flexibility index (Phi) is 3.66. The first-order valence-corrected chi connectivity index (χ1v) is 5.34. The highest BCUT2D eigenvalue weighted by Gasteiger charge is 2.31. The summed E-state index contributed by atoms with van der Waals surface area (Å²) in [5, 5.41) is 0. The van der Waals surface area contributed by atoms with Crippen molar-refractivity contribution in [2.45, 2.75) is 12.4 Å². The minimum absolute atomic E-state index is 0.323. The van der Waals surface area contributed by atoms with Gasteiger partial charge in [0.1, 0.15) is 11.6 Å². The van der Waals surface area contributed by atoms with Crippen molar-refractivity contribution in [3.8, 4) is 5.75 Å². The van der Waals surface area contributed by atoms with Crippen LogP contribution in [0.3, 0.4) is 0 Å². The molecule has 0 aliphatic rings. The van der Waals surface area contributed by atoms with Gasteiger partial charge >= 0.3 is 6.36 Å². The van der Waals surface area contributed by atoms with Gasteiger partial charge in [-0.25, -0.2) is 9.97 Å². The van der Waals surface area contributed by atoms with E-state index in [1.165, 1.54) is 30.6 Å². The Balaban J connectivity index is 2.24. The number of benzene rings is 1. The lowest BCUT2D eigenvalue weighted by molar-refractivity contribution is -0.274. The summed E-state index contributed by atoms with van der Waals surface area (Å²) >= 11 is 0. The summed E-state index contributed by atoms with van der Waals surface area (Å²) in [4.78, 5) is 7.92.